The summed E-state index contributed by atoms with van der Waals surface area (Å²) in [4.78, 5) is 17.5. The maximum Gasteiger partial charge on any atom is 0.411 e. The van der Waals surface area contributed by atoms with Crippen molar-refractivity contribution in [3.05, 3.63) is 71.8 Å². The van der Waals surface area contributed by atoms with E-state index < -0.39 is 5.60 Å². The molecule has 5 nitrogen and oxygen atoms in total. The van der Waals surface area contributed by atoms with Gasteiger partial charge in [-0.15, -0.1) is 0 Å². The molecule has 1 amide bonds. The molecule has 0 radical (unpaired) electrons. The number of amides is 1. The van der Waals surface area contributed by atoms with Gasteiger partial charge in [-0.1, -0.05) is 60.7 Å². The first-order chi connectivity index (χ1) is 14.6. The minimum absolute atomic E-state index is 0.0916. The zero-order chi connectivity index (χ0) is 22.5. The molecule has 1 aliphatic rings. The summed E-state index contributed by atoms with van der Waals surface area (Å²) in [6, 6.07) is 20.5. The van der Waals surface area contributed by atoms with Crippen molar-refractivity contribution in [1.29, 1.82) is 0 Å². The average Bonchev–Trinajstić information content (AvgIpc) is 2.67. The smallest absolute Gasteiger partial charge is 0.411 e. The molecule has 0 aliphatic carbocycles. The van der Waals surface area contributed by atoms with Crippen molar-refractivity contribution in [2.24, 2.45) is 0 Å². The van der Waals surface area contributed by atoms with Crippen LogP contribution in [-0.4, -0.2) is 52.8 Å². The normalized spacial score (nSPS) is 19.3. The molecule has 0 N–H and O–H groups in total. The van der Waals surface area contributed by atoms with Crippen LogP contribution in [0.2, 0.25) is 0 Å². The fourth-order valence-corrected chi connectivity index (χ4v) is 4.25. The second-order valence-corrected chi connectivity index (χ2v) is 9.97. The quantitative estimate of drug-likeness (QED) is 0.647. The standard InChI is InChI=1S/C26H36N2O3/c1-25(2,3)31-24(29)28-23(19-30-18-22-14-10-7-11-15-22)17-27(20-26(28,4)5)16-21-12-8-6-9-13-21/h6-15,23H,16-20H2,1-5H3. The Kier molecular flexibility index (Phi) is 7.39. The van der Waals surface area contributed by atoms with Crippen LogP contribution >= 0.6 is 0 Å². The summed E-state index contributed by atoms with van der Waals surface area (Å²) in [5.41, 5.74) is 1.48. The molecule has 31 heavy (non-hydrogen) atoms. The van der Waals surface area contributed by atoms with Crippen molar-refractivity contribution in [2.75, 3.05) is 19.7 Å². The molecular weight excluding hydrogens is 388 g/mol. The minimum atomic E-state index is -0.538. The third-order valence-electron chi connectivity index (χ3n) is 5.36. The summed E-state index contributed by atoms with van der Waals surface area (Å²) in [6.45, 7) is 13.3. The van der Waals surface area contributed by atoms with Gasteiger partial charge >= 0.3 is 6.09 Å². The summed E-state index contributed by atoms with van der Waals surface area (Å²) in [7, 11) is 0. The molecule has 2 aromatic rings. The van der Waals surface area contributed by atoms with E-state index in [2.05, 4.69) is 55.1 Å². The van der Waals surface area contributed by atoms with Crippen molar-refractivity contribution in [2.45, 2.75) is 65.0 Å². The van der Waals surface area contributed by atoms with Crippen LogP contribution in [-0.2, 0) is 22.6 Å². The summed E-state index contributed by atoms with van der Waals surface area (Å²) >= 11 is 0. The van der Waals surface area contributed by atoms with Gasteiger partial charge in [-0.25, -0.2) is 4.79 Å². The predicted octanol–water partition coefficient (Wildman–Crippen LogP) is 5.10. The van der Waals surface area contributed by atoms with E-state index >= 15 is 0 Å². The van der Waals surface area contributed by atoms with Gasteiger partial charge in [0.1, 0.15) is 5.60 Å². The van der Waals surface area contributed by atoms with Crippen molar-refractivity contribution in [3.63, 3.8) is 0 Å². The molecular formula is C26H36N2O3. The van der Waals surface area contributed by atoms with E-state index in [1.165, 1.54) is 5.56 Å². The lowest BCUT2D eigenvalue weighted by molar-refractivity contribution is -0.0709. The fraction of sp³-hybridized carbons (Fsp3) is 0.500. The Balaban J connectivity index is 1.75. The molecule has 168 valence electrons. The first-order valence-electron chi connectivity index (χ1n) is 11.0. The topological polar surface area (TPSA) is 42.0 Å². The number of nitrogens with zero attached hydrogens (tertiary/aromatic N) is 2. The summed E-state index contributed by atoms with van der Waals surface area (Å²) in [6.07, 6.45) is -0.273. The molecule has 0 aromatic heterocycles. The van der Waals surface area contributed by atoms with Crippen LogP contribution < -0.4 is 0 Å². The Bertz CT molecular complexity index is 831. The lowest BCUT2D eigenvalue weighted by Gasteiger charge is -2.51. The number of hydrogen-bond acceptors (Lipinski definition) is 4. The second kappa shape index (κ2) is 9.84. The molecule has 5 heteroatoms. The highest BCUT2D eigenvalue weighted by atomic mass is 16.6. The second-order valence-electron chi connectivity index (χ2n) is 9.97. The van der Waals surface area contributed by atoms with E-state index in [0.29, 0.717) is 13.2 Å². The minimum Gasteiger partial charge on any atom is -0.444 e. The van der Waals surface area contributed by atoms with Gasteiger partial charge in [0, 0.05) is 19.6 Å². The van der Waals surface area contributed by atoms with Gasteiger partial charge in [0.2, 0.25) is 0 Å². The molecule has 0 spiro atoms. The average molecular weight is 425 g/mol. The van der Waals surface area contributed by atoms with Gasteiger partial charge < -0.3 is 9.47 Å². The van der Waals surface area contributed by atoms with Gasteiger partial charge in [-0.2, -0.15) is 0 Å². The lowest BCUT2D eigenvalue weighted by atomic mass is 9.95. The van der Waals surface area contributed by atoms with Gasteiger partial charge in [-0.05, 0) is 45.7 Å². The first-order valence-corrected chi connectivity index (χ1v) is 11.0. The van der Waals surface area contributed by atoms with Crippen molar-refractivity contribution < 1.29 is 14.3 Å². The molecule has 0 bridgehead atoms. The number of benzene rings is 2. The maximum absolute atomic E-state index is 13.2. The number of hydrogen-bond donors (Lipinski definition) is 0. The third kappa shape index (κ3) is 6.81. The molecule has 1 fully saturated rings. The Morgan fingerprint density at radius 2 is 1.58 bits per heavy atom. The van der Waals surface area contributed by atoms with Crippen LogP contribution in [0.4, 0.5) is 4.79 Å². The first kappa shape index (κ1) is 23.3. The van der Waals surface area contributed by atoms with Crippen molar-refractivity contribution in [3.8, 4) is 0 Å². The molecule has 1 aliphatic heterocycles. The number of carbonyl (C=O) groups is 1. The number of ether oxygens (including phenoxy) is 2. The largest absolute Gasteiger partial charge is 0.444 e. The Labute approximate surface area is 187 Å². The van der Waals surface area contributed by atoms with Crippen LogP contribution in [0.15, 0.2) is 60.7 Å². The Morgan fingerprint density at radius 3 is 2.16 bits per heavy atom. The number of carbonyl (C=O) groups excluding carboxylic acids is 1. The maximum atomic E-state index is 13.2. The van der Waals surface area contributed by atoms with Gasteiger partial charge in [0.15, 0.2) is 0 Å². The van der Waals surface area contributed by atoms with Crippen LogP contribution in [0, 0.1) is 0 Å². The lowest BCUT2D eigenvalue weighted by Crippen LogP contribution is -2.67. The molecule has 3 rings (SSSR count). The highest BCUT2D eigenvalue weighted by Gasteiger charge is 2.44. The van der Waals surface area contributed by atoms with Crippen LogP contribution in [0.3, 0.4) is 0 Å². The highest BCUT2D eigenvalue weighted by Crippen LogP contribution is 2.29. The van der Waals surface area contributed by atoms with Gasteiger partial charge in [0.25, 0.3) is 0 Å². The predicted molar refractivity (Wildman–Crippen MR) is 124 cm³/mol. The molecule has 1 unspecified atom stereocenters. The van der Waals surface area contributed by atoms with Crippen molar-refractivity contribution >= 4 is 6.09 Å². The van der Waals surface area contributed by atoms with Crippen LogP contribution in [0.5, 0.6) is 0 Å². The number of rotatable bonds is 6. The van der Waals surface area contributed by atoms with E-state index in [9.17, 15) is 4.79 Å². The van der Waals surface area contributed by atoms with Crippen LogP contribution in [0.25, 0.3) is 0 Å². The number of piperazine rings is 1. The van der Waals surface area contributed by atoms with Crippen molar-refractivity contribution in [1.82, 2.24) is 9.80 Å². The molecule has 1 saturated heterocycles. The van der Waals surface area contributed by atoms with Gasteiger partial charge in [-0.3, -0.25) is 9.80 Å². The van der Waals surface area contributed by atoms with E-state index in [1.54, 1.807) is 0 Å². The zero-order valence-electron chi connectivity index (χ0n) is 19.5. The van der Waals surface area contributed by atoms with Gasteiger partial charge in [0.05, 0.1) is 24.8 Å². The third-order valence-corrected chi connectivity index (χ3v) is 5.36. The molecule has 2 aromatic carbocycles. The Hall–Kier alpha value is -2.37. The summed E-state index contributed by atoms with van der Waals surface area (Å²) < 4.78 is 11.9. The summed E-state index contributed by atoms with van der Waals surface area (Å²) in [5, 5.41) is 0. The zero-order valence-corrected chi connectivity index (χ0v) is 19.5. The SMILES string of the molecule is CC(C)(C)OC(=O)N1C(COCc2ccccc2)CN(Cc2ccccc2)CC1(C)C. The van der Waals surface area contributed by atoms with E-state index in [4.69, 9.17) is 9.47 Å². The summed E-state index contributed by atoms with van der Waals surface area (Å²) in [5.74, 6) is 0. The highest BCUT2D eigenvalue weighted by molar-refractivity contribution is 5.70. The molecule has 0 saturated carbocycles. The molecule has 1 heterocycles. The monoisotopic (exact) mass is 424 g/mol. The van der Waals surface area contributed by atoms with E-state index in [-0.39, 0.29) is 17.7 Å². The van der Waals surface area contributed by atoms with E-state index in [1.807, 2.05) is 49.9 Å². The fourth-order valence-electron chi connectivity index (χ4n) is 4.25. The van der Waals surface area contributed by atoms with Crippen LogP contribution in [0.1, 0.15) is 45.7 Å². The molecule has 1 atom stereocenters. The van der Waals surface area contributed by atoms with E-state index in [0.717, 1.165) is 25.2 Å². The Morgan fingerprint density at radius 1 is 1.00 bits per heavy atom.